The number of nitrogens with zero attached hydrogens (tertiary/aromatic N) is 3. The van der Waals surface area contributed by atoms with E-state index < -0.39 is 11.6 Å². The Bertz CT molecular complexity index is 867. The van der Waals surface area contributed by atoms with Crippen molar-refractivity contribution in [3.63, 3.8) is 0 Å². The van der Waals surface area contributed by atoms with Gasteiger partial charge in [0.15, 0.2) is 5.79 Å². The molecule has 1 aromatic heterocycles. The first kappa shape index (κ1) is 20.0. The van der Waals surface area contributed by atoms with Crippen molar-refractivity contribution in [1.29, 1.82) is 0 Å². The molecule has 7 nitrogen and oxygen atoms in total. The number of ether oxygens (including phenoxy) is 2. The normalized spacial score (nSPS) is 23.3. The Morgan fingerprint density at radius 2 is 1.97 bits per heavy atom. The first-order chi connectivity index (χ1) is 14.0. The van der Waals surface area contributed by atoms with E-state index in [1.54, 1.807) is 17.0 Å². The van der Waals surface area contributed by atoms with Crippen LogP contribution >= 0.6 is 0 Å². The van der Waals surface area contributed by atoms with Crippen LogP contribution in [0.25, 0.3) is 0 Å². The number of halogens is 1. The molecule has 29 heavy (non-hydrogen) atoms. The number of aryl methyl sites for hydroxylation is 2. The number of carbonyl (C=O) groups is 1. The smallest absolute Gasteiger partial charge is 0.257 e. The zero-order valence-corrected chi connectivity index (χ0v) is 16.8. The summed E-state index contributed by atoms with van der Waals surface area (Å²) in [5.41, 5.74) is 2.02. The summed E-state index contributed by atoms with van der Waals surface area (Å²) in [6.45, 7) is 7.43. The van der Waals surface area contributed by atoms with Gasteiger partial charge in [0.1, 0.15) is 11.6 Å². The highest BCUT2D eigenvalue weighted by molar-refractivity contribution is 5.94. The number of hydrogen-bond donors (Lipinski definition) is 0. The molecule has 2 aliphatic rings. The second kappa shape index (κ2) is 8.22. The molecule has 0 radical (unpaired) electrons. The second-order valence-corrected chi connectivity index (χ2v) is 7.68. The topological polar surface area (TPSA) is 68.0 Å². The average Bonchev–Trinajstić information content (AvgIpc) is 2.91. The van der Waals surface area contributed by atoms with E-state index in [4.69, 9.17) is 14.0 Å². The van der Waals surface area contributed by atoms with Gasteiger partial charge in [-0.2, -0.15) is 0 Å². The third kappa shape index (κ3) is 4.19. The van der Waals surface area contributed by atoms with Crippen LogP contribution < -0.4 is 0 Å². The van der Waals surface area contributed by atoms with Crippen LogP contribution in [0.3, 0.4) is 0 Å². The Morgan fingerprint density at radius 1 is 1.17 bits per heavy atom. The van der Waals surface area contributed by atoms with Crippen molar-refractivity contribution in [2.24, 2.45) is 0 Å². The van der Waals surface area contributed by atoms with Gasteiger partial charge >= 0.3 is 0 Å². The van der Waals surface area contributed by atoms with Crippen molar-refractivity contribution in [2.75, 3.05) is 39.4 Å². The van der Waals surface area contributed by atoms with Crippen molar-refractivity contribution < 1.29 is 23.2 Å². The van der Waals surface area contributed by atoms with Crippen LogP contribution in [0.1, 0.15) is 33.8 Å². The maximum absolute atomic E-state index is 14.1. The van der Waals surface area contributed by atoms with E-state index in [0.29, 0.717) is 32.8 Å². The Kier molecular flexibility index (Phi) is 5.67. The first-order valence-corrected chi connectivity index (χ1v) is 9.93. The summed E-state index contributed by atoms with van der Waals surface area (Å²) in [5, 5.41) is 4.03. The van der Waals surface area contributed by atoms with Crippen LogP contribution in [0.5, 0.6) is 0 Å². The summed E-state index contributed by atoms with van der Waals surface area (Å²) < 4.78 is 31.5. The summed E-state index contributed by atoms with van der Waals surface area (Å²) in [7, 11) is 0. The summed E-state index contributed by atoms with van der Waals surface area (Å²) >= 11 is 0. The lowest BCUT2D eigenvalue weighted by atomic mass is 10.1. The minimum Gasteiger partial charge on any atom is -0.361 e. The number of amides is 1. The Balaban J connectivity index is 1.51. The van der Waals surface area contributed by atoms with Crippen molar-refractivity contribution >= 4 is 5.91 Å². The largest absolute Gasteiger partial charge is 0.361 e. The molecule has 156 valence electrons. The second-order valence-electron chi connectivity index (χ2n) is 7.68. The van der Waals surface area contributed by atoms with Crippen LogP contribution in [0.15, 0.2) is 28.8 Å². The number of aromatic nitrogens is 1. The lowest BCUT2D eigenvalue weighted by Crippen LogP contribution is -2.59. The summed E-state index contributed by atoms with van der Waals surface area (Å²) in [6, 6.07) is 6.06. The van der Waals surface area contributed by atoms with Crippen LogP contribution in [0.2, 0.25) is 0 Å². The molecule has 4 rings (SSSR count). The van der Waals surface area contributed by atoms with E-state index in [1.165, 1.54) is 12.1 Å². The average molecular weight is 403 g/mol. The van der Waals surface area contributed by atoms with E-state index in [2.05, 4.69) is 10.1 Å². The minimum atomic E-state index is -0.922. The zero-order chi connectivity index (χ0) is 20.4. The monoisotopic (exact) mass is 403 g/mol. The van der Waals surface area contributed by atoms with Crippen molar-refractivity contribution in [2.45, 2.75) is 32.6 Å². The van der Waals surface area contributed by atoms with E-state index >= 15 is 0 Å². The molecule has 2 aliphatic heterocycles. The highest BCUT2D eigenvalue weighted by atomic mass is 19.1. The lowest BCUT2D eigenvalue weighted by molar-refractivity contribution is -0.261. The Labute approximate surface area is 169 Å². The molecule has 3 heterocycles. The lowest BCUT2D eigenvalue weighted by Gasteiger charge is -2.43. The molecule has 2 fully saturated rings. The molecule has 1 amide bonds. The number of hydrogen-bond acceptors (Lipinski definition) is 6. The fourth-order valence-electron chi connectivity index (χ4n) is 4.02. The Hall–Kier alpha value is -2.29. The highest BCUT2D eigenvalue weighted by Crippen LogP contribution is 2.27. The van der Waals surface area contributed by atoms with Gasteiger partial charge in [0.2, 0.25) is 0 Å². The fraction of sp³-hybridized carbons (Fsp3) is 0.524. The molecular weight excluding hydrogens is 377 g/mol. The maximum atomic E-state index is 14.1. The standard InChI is InChI=1S/C21H26FN3O4/c1-15-18(16(2)29-23-15)12-24-8-5-10-27-21(13-24)14-25(9-11-28-21)20(26)17-6-3-4-7-19(17)22/h3-4,6-7H,5,8-14H2,1-2H3. The van der Waals surface area contributed by atoms with E-state index in [9.17, 15) is 9.18 Å². The number of rotatable bonds is 3. The molecular formula is C21H26FN3O4. The van der Waals surface area contributed by atoms with Gasteiger partial charge in [-0.05, 0) is 32.4 Å². The Morgan fingerprint density at radius 3 is 2.72 bits per heavy atom. The predicted octanol–water partition coefficient (Wildman–Crippen LogP) is 2.52. The van der Waals surface area contributed by atoms with Crippen molar-refractivity contribution in [3.8, 4) is 0 Å². The van der Waals surface area contributed by atoms with E-state index in [1.807, 2.05) is 13.8 Å². The number of morpholine rings is 1. The van der Waals surface area contributed by atoms with Crippen LogP contribution in [0, 0.1) is 19.7 Å². The van der Waals surface area contributed by atoms with Gasteiger partial charge in [0.25, 0.3) is 5.91 Å². The van der Waals surface area contributed by atoms with Gasteiger partial charge in [0, 0.05) is 25.2 Å². The molecule has 1 aromatic carbocycles. The predicted molar refractivity (Wildman–Crippen MR) is 103 cm³/mol. The first-order valence-electron chi connectivity index (χ1n) is 9.93. The van der Waals surface area contributed by atoms with Gasteiger partial charge in [-0.3, -0.25) is 9.69 Å². The number of carbonyl (C=O) groups excluding carboxylic acids is 1. The SMILES string of the molecule is Cc1noc(C)c1CN1CCCOC2(C1)CN(C(=O)c1ccccc1F)CCO2. The molecule has 2 saturated heterocycles. The van der Waals surface area contributed by atoms with Crippen molar-refractivity contribution in [3.05, 3.63) is 52.7 Å². The molecule has 8 heteroatoms. The molecule has 2 aromatic rings. The molecule has 0 saturated carbocycles. The summed E-state index contributed by atoms with van der Waals surface area (Å²) in [6.07, 6.45) is 0.857. The molecule has 0 aliphatic carbocycles. The van der Waals surface area contributed by atoms with Crippen LogP contribution in [-0.4, -0.2) is 66.0 Å². The highest BCUT2D eigenvalue weighted by Gasteiger charge is 2.42. The maximum Gasteiger partial charge on any atom is 0.257 e. The third-order valence-corrected chi connectivity index (χ3v) is 5.56. The quantitative estimate of drug-likeness (QED) is 0.785. The minimum absolute atomic E-state index is 0.0748. The van der Waals surface area contributed by atoms with E-state index in [0.717, 1.165) is 30.0 Å². The molecule has 1 unspecified atom stereocenters. The molecule has 0 bridgehead atoms. The fourth-order valence-corrected chi connectivity index (χ4v) is 4.02. The van der Waals surface area contributed by atoms with Crippen LogP contribution in [0.4, 0.5) is 4.39 Å². The van der Waals surface area contributed by atoms with Gasteiger partial charge in [-0.25, -0.2) is 4.39 Å². The van der Waals surface area contributed by atoms with Gasteiger partial charge < -0.3 is 18.9 Å². The summed E-state index contributed by atoms with van der Waals surface area (Å²) in [5.74, 6) is -0.965. The van der Waals surface area contributed by atoms with Gasteiger partial charge in [0.05, 0.1) is 37.6 Å². The zero-order valence-electron chi connectivity index (χ0n) is 16.8. The van der Waals surface area contributed by atoms with E-state index in [-0.39, 0.29) is 18.0 Å². The van der Waals surface area contributed by atoms with Crippen molar-refractivity contribution in [1.82, 2.24) is 15.0 Å². The van der Waals surface area contributed by atoms with Crippen LogP contribution in [-0.2, 0) is 16.0 Å². The number of benzene rings is 1. The third-order valence-electron chi connectivity index (χ3n) is 5.56. The molecule has 0 N–H and O–H groups in total. The molecule has 1 atom stereocenters. The van der Waals surface area contributed by atoms with Gasteiger partial charge in [-0.1, -0.05) is 17.3 Å². The van der Waals surface area contributed by atoms with Gasteiger partial charge in [-0.15, -0.1) is 0 Å². The molecule has 1 spiro atoms. The summed E-state index contributed by atoms with van der Waals surface area (Å²) in [4.78, 5) is 16.8.